The smallest absolute Gasteiger partial charge is 0.272 e. The predicted octanol–water partition coefficient (Wildman–Crippen LogP) is 4.86. The Hall–Kier alpha value is -2.42. The van der Waals surface area contributed by atoms with E-state index >= 15 is 0 Å². The maximum atomic E-state index is 13.5. The lowest BCUT2D eigenvalue weighted by Gasteiger charge is -2.14. The Balaban J connectivity index is 1.51. The number of rotatable bonds is 6. The normalized spacial score (nSPS) is 14.4. The molecule has 1 N–H and O–H groups in total. The minimum absolute atomic E-state index is 0.0221. The summed E-state index contributed by atoms with van der Waals surface area (Å²) < 4.78 is 2.22. The first-order valence-electron chi connectivity index (χ1n) is 10.5. The molecule has 0 spiro atoms. The van der Waals surface area contributed by atoms with Crippen molar-refractivity contribution in [2.75, 3.05) is 5.75 Å². The molecule has 1 fully saturated rings. The van der Waals surface area contributed by atoms with E-state index in [0.717, 1.165) is 41.5 Å². The Morgan fingerprint density at radius 2 is 2.00 bits per heavy atom. The van der Waals surface area contributed by atoms with E-state index in [1.165, 1.54) is 23.1 Å². The average Bonchev–Trinajstić information content (AvgIpc) is 3.44. The van der Waals surface area contributed by atoms with Gasteiger partial charge in [-0.2, -0.15) is 0 Å². The molecule has 0 saturated heterocycles. The Morgan fingerprint density at radius 3 is 2.78 bits per heavy atom. The second-order valence-electron chi connectivity index (χ2n) is 7.89. The molecule has 1 aliphatic rings. The van der Waals surface area contributed by atoms with Gasteiger partial charge in [0, 0.05) is 22.6 Å². The first-order chi connectivity index (χ1) is 15.6. The van der Waals surface area contributed by atoms with Crippen LogP contribution in [0.15, 0.2) is 52.5 Å². The lowest BCUT2D eigenvalue weighted by molar-refractivity contribution is -0.119. The lowest BCUT2D eigenvalue weighted by atomic mass is 10.2. The van der Waals surface area contributed by atoms with Crippen molar-refractivity contribution in [2.45, 2.75) is 43.4 Å². The highest BCUT2D eigenvalue weighted by Gasteiger charge is 2.20. The van der Waals surface area contributed by atoms with Crippen LogP contribution in [-0.4, -0.2) is 32.2 Å². The minimum Gasteiger partial charge on any atom is -0.353 e. The summed E-state index contributed by atoms with van der Waals surface area (Å²) in [5, 5.41) is 5.14. The minimum atomic E-state index is -0.119. The van der Waals surface area contributed by atoms with Crippen LogP contribution in [0.4, 0.5) is 0 Å². The number of pyridine rings is 1. The number of amides is 1. The highest BCUT2D eigenvalue weighted by atomic mass is 35.5. The van der Waals surface area contributed by atoms with Crippen LogP contribution in [0.1, 0.15) is 31.2 Å². The Kier molecular flexibility index (Phi) is 6.17. The summed E-state index contributed by atoms with van der Waals surface area (Å²) in [4.78, 5) is 36.0. The van der Waals surface area contributed by atoms with Crippen molar-refractivity contribution in [1.82, 2.24) is 19.9 Å². The third kappa shape index (κ3) is 4.40. The van der Waals surface area contributed by atoms with Crippen molar-refractivity contribution in [3.8, 4) is 0 Å². The van der Waals surface area contributed by atoms with Gasteiger partial charge in [-0.05, 0) is 42.7 Å². The summed E-state index contributed by atoms with van der Waals surface area (Å²) in [7, 11) is 0. The van der Waals surface area contributed by atoms with Crippen LogP contribution in [0.2, 0.25) is 5.02 Å². The summed E-state index contributed by atoms with van der Waals surface area (Å²) in [5.41, 5.74) is 1.47. The number of halogens is 1. The van der Waals surface area contributed by atoms with Crippen LogP contribution in [0.25, 0.3) is 20.4 Å². The van der Waals surface area contributed by atoms with E-state index in [4.69, 9.17) is 16.6 Å². The summed E-state index contributed by atoms with van der Waals surface area (Å²) >= 11 is 8.67. The number of hydrogen-bond acceptors (Lipinski definition) is 6. The zero-order chi connectivity index (χ0) is 22.1. The molecule has 0 aliphatic heterocycles. The van der Waals surface area contributed by atoms with E-state index in [-0.39, 0.29) is 23.3 Å². The summed E-state index contributed by atoms with van der Waals surface area (Å²) in [6.45, 7) is 0.354. The summed E-state index contributed by atoms with van der Waals surface area (Å²) in [6, 6.07) is 11.4. The van der Waals surface area contributed by atoms with Gasteiger partial charge in [0.1, 0.15) is 9.53 Å². The van der Waals surface area contributed by atoms with E-state index in [1.54, 1.807) is 22.9 Å². The molecule has 5 rings (SSSR count). The van der Waals surface area contributed by atoms with Gasteiger partial charge in [0.05, 0.1) is 17.8 Å². The molecule has 0 atom stereocenters. The molecule has 0 unspecified atom stereocenters. The maximum Gasteiger partial charge on any atom is 0.272 e. The molecule has 0 radical (unpaired) electrons. The third-order valence-corrected chi connectivity index (χ3v) is 7.94. The predicted molar refractivity (Wildman–Crippen MR) is 131 cm³/mol. The quantitative estimate of drug-likeness (QED) is 0.312. The molecule has 1 aliphatic carbocycles. The number of hydrogen-bond donors (Lipinski definition) is 1. The number of nitrogens with one attached hydrogen (secondary N) is 1. The molecule has 32 heavy (non-hydrogen) atoms. The van der Waals surface area contributed by atoms with Crippen LogP contribution >= 0.6 is 34.7 Å². The average molecular weight is 485 g/mol. The van der Waals surface area contributed by atoms with Crippen LogP contribution in [0, 0.1) is 0 Å². The van der Waals surface area contributed by atoms with Crippen molar-refractivity contribution in [3.05, 3.63) is 63.5 Å². The molecule has 1 aromatic carbocycles. The molecular weight excluding hydrogens is 464 g/mol. The Labute approximate surface area is 198 Å². The molecule has 3 aromatic heterocycles. The maximum absolute atomic E-state index is 13.5. The summed E-state index contributed by atoms with van der Waals surface area (Å²) in [5.74, 6) is 0.196. The van der Waals surface area contributed by atoms with Crippen molar-refractivity contribution in [3.63, 3.8) is 0 Å². The number of carbonyl (C=O) groups is 1. The molecule has 6 nitrogen and oxygen atoms in total. The van der Waals surface area contributed by atoms with Crippen LogP contribution in [-0.2, 0) is 11.3 Å². The molecule has 4 aromatic rings. The SMILES string of the molecule is O=C(CSc1nc2c(sc3ncccc32)c(=O)n1Cc1ccc(Cl)cc1)NC1CCCC1. The number of aromatic nitrogens is 3. The second kappa shape index (κ2) is 9.21. The van der Waals surface area contributed by atoms with E-state index in [9.17, 15) is 9.59 Å². The number of fused-ring (bicyclic) bond motifs is 3. The van der Waals surface area contributed by atoms with E-state index in [0.29, 0.717) is 26.9 Å². The van der Waals surface area contributed by atoms with Gasteiger partial charge in [-0.15, -0.1) is 11.3 Å². The zero-order valence-corrected chi connectivity index (χ0v) is 19.6. The monoisotopic (exact) mass is 484 g/mol. The van der Waals surface area contributed by atoms with E-state index in [2.05, 4.69) is 10.3 Å². The standard InChI is InChI=1S/C23H21ClN4O2S2/c24-15-9-7-14(8-10-15)12-28-22(30)20-19(17-6-3-11-25-21(17)32-20)27-23(28)31-13-18(29)26-16-4-1-2-5-16/h3,6-11,16H,1-2,4-5,12-13H2,(H,26,29). The number of benzene rings is 1. The number of nitrogens with zero attached hydrogens (tertiary/aromatic N) is 3. The van der Waals surface area contributed by atoms with Gasteiger partial charge in [0.15, 0.2) is 5.16 Å². The van der Waals surface area contributed by atoms with E-state index in [1.807, 2.05) is 24.3 Å². The van der Waals surface area contributed by atoms with Gasteiger partial charge in [-0.3, -0.25) is 14.2 Å². The molecule has 9 heteroatoms. The number of thioether (sulfide) groups is 1. The fraction of sp³-hybridized carbons (Fsp3) is 0.304. The highest BCUT2D eigenvalue weighted by Crippen LogP contribution is 2.30. The van der Waals surface area contributed by atoms with Crippen LogP contribution in [0.5, 0.6) is 0 Å². The first kappa shape index (κ1) is 21.4. The lowest BCUT2D eigenvalue weighted by Crippen LogP contribution is -2.34. The van der Waals surface area contributed by atoms with Gasteiger partial charge < -0.3 is 5.32 Å². The molecule has 3 heterocycles. The molecular formula is C23H21ClN4O2S2. The number of thiophene rings is 1. The summed E-state index contributed by atoms with van der Waals surface area (Å²) in [6.07, 6.45) is 6.12. The fourth-order valence-corrected chi connectivity index (χ4v) is 5.99. The third-order valence-electron chi connectivity index (χ3n) is 5.62. The van der Waals surface area contributed by atoms with Gasteiger partial charge in [-0.25, -0.2) is 9.97 Å². The molecule has 164 valence electrons. The topological polar surface area (TPSA) is 76.9 Å². The van der Waals surface area contributed by atoms with E-state index < -0.39 is 0 Å². The van der Waals surface area contributed by atoms with Gasteiger partial charge in [-0.1, -0.05) is 48.3 Å². The van der Waals surface area contributed by atoms with Gasteiger partial charge in [0.2, 0.25) is 5.91 Å². The van der Waals surface area contributed by atoms with Crippen molar-refractivity contribution in [2.24, 2.45) is 0 Å². The Morgan fingerprint density at radius 1 is 1.22 bits per heavy atom. The van der Waals surface area contributed by atoms with Crippen molar-refractivity contribution >= 4 is 61.0 Å². The van der Waals surface area contributed by atoms with Gasteiger partial charge >= 0.3 is 0 Å². The van der Waals surface area contributed by atoms with Crippen LogP contribution < -0.4 is 10.9 Å². The fourth-order valence-electron chi connectivity index (χ4n) is 4.03. The Bertz CT molecular complexity index is 1340. The van der Waals surface area contributed by atoms with Crippen LogP contribution in [0.3, 0.4) is 0 Å². The number of carbonyl (C=O) groups excluding carboxylic acids is 1. The first-order valence-corrected chi connectivity index (χ1v) is 12.7. The molecule has 1 saturated carbocycles. The molecule has 1 amide bonds. The largest absolute Gasteiger partial charge is 0.353 e. The zero-order valence-electron chi connectivity index (χ0n) is 17.2. The second-order valence-corrected chi connectivity index (χ2v) is 10.3. The highest BCUT2D eigenvalue weighted by molar-refractivity contribution is 7.99. The van der Waals surface area contributed by atoms with Gasteiger partial charge in [0.25, 0.3) is 5.56 Å². The van der Waals surface area contributed by atoms with Crippen molar-refractivity contribution in [1.29, 1.82) is 0 Å². The molecule has 0 bridgehead atoms. The van der Waals surface area contributed by atoms with Crippen molar-refractivity contribution < 1.29 is 4.79 Å².